The van der Waals surface area contributed by atoms with E-state index in [9.17, 15) is 9.90 Å². The van der Waals surface area contributed by atoms with Crippen LogP contribution in [-0.4, -0.2) is 11.1 Å². The predicted molar refractivity (Wildman–Crippen MR) is 61.9 cm³/mol. The summed E-state index contributed by atoms with van der Waals surface area (Å²) in [5.41, 5.74) is -0.402. The Morgan fingerprint density at radius 3 is 2.38 bits per heavy atom. The van der Waals surface area contributed by atoms with Gasteiger partial charge in [-0.3, -0.25) is 4.79 Å². The van der Waals surface area contributed by atoms with E-state index in [1.807, 2.05) is 6.92 Å². The van der Waals surface area contributed by atoms with Crippen molar-refractivity contribution in [2.45, 2.75) is 39.0 Å². The Balaban J connectivity index is 2.01. The van der Waals surface area contributed by atoms with E-state index in [1.165, 1.54) is 19.3 Å². The van der Waals surface area contributed by atoms with E-state index in [1.54, 1.807) is 0 Å². The fourth-order valence-electron chi connectivity index (χ4n) is 4.95. The molecular formula is C14H20O2. The van der Waals surface area contributed by atoms with E-state index in [4.69, 9.17) is 0 Å². The maximum Gasteiger partial charge on any atom is 0.310 e. The summed E-state index contributed by atoms with van der Waals surface area (Å²) in [6.07, 6.45) is 9.96. The minimum atomic E-state index is -0.533. The van der Waals surface area contributed by atoms with Crippen molar-refractivity contribution >= 4 is 5.97 Å². The number of carboxylic acid groups (broad SMARTS) is 1. The van der Waals surface area contributed by atoms with Gasteiger partial charge in [0, 0.05) is 0 Å². The van der Waals surface area contributed by atoms with Gasteiger partial charge in [0.15, 0.2) is 0 Å². The van der Waals surface area contributed by atoms with Gasteiger partial charge in [-0.15, -0.1) is 0 Å². The molecule has 4 aliphatic carbocycles. The molecule has 0 aliphatic heterocycles. The van der Waals surface area contributed by atoms with Gasteiger partial charge in [0.1, 0.15) is 0 Å². The van der Waals surface area contributed by atoms with Crippen LogP contribution in [-0.2, 0) is 4.79 Å². The van der Waals surface area contributed by atoms with Crippen molar-refractivity contribution in [2.24, 2.45) is 29.1 Å². The van der Waals surface area contributed by atoms with Crippen molar-refractivity contribution in [1.29, 1.82) is 0 Å². The van der Waals surface area contributed by atoms with Gasteiger partial charge in [0.25, 0.3) is 0 Å². The average Bonchev–Trinajstić information content (AvgIpc) is 2.22. The van der Waals surface area contributed by atoms with Crippen LogP contribution in [0.15, 0.2) is 12.2 Å². The zero-order chi connectivity index (χ0) is 11.3. The Kier molecular flexibility index (Phi) is 2.17. The van der Waals surface area contributed by atoms with Gasteiger partial charge in [0.2, 0.25) is 0 Å². The summed E-state index contributed by atoms with van der Waals surface area (Å²) < 4.78 is 0. The predicted octanol–water partition coefficient (Wildman–Crippen LogP) is 3.09. The number of rotatable bonds is 2. The molecule has 4 aliphatic rings. The van der Waals surface area contributed by atoms with E-state index >= 15 is 0 Å². The first-order valence-electron chi connectivity index (χ1n) is 6.52. The van der Waals surface area contributed by atoms with E-state index < -0.39 is 11.4 Å². The fraction of sp³-hybridized carbons (Fsp3) is 0.786. The van der Waals surface area contributed by atoms with Gasteiger partial charge in [-0.25, -0.2) is 0 Å². The second-order valence-electron chi connectivity index (χ2n) is 6.12. The van der Waals surface area contributed by atoms with Crippen LogP contribution >= 0.6 is 0 Å². The second-order valence-corrected chi connectivity index (χ2v) is 6.12. The SMILES string of the molecule is CC=CC1C2CC3CC(C2)CC1(C(=O)O)C3. The number of allylic oxidation sites excluding steroid dienone is 2. The van der Waals surface area contributed by atoms with Gasteiger partial charge in [-0.05, 0) is 62.7 Å². The minimum Gasteiger partial charge on any atom is -0.481 e. The molecule has 4 saturated carbocycles. The van der Waals surface area contributed by atoms with Crippen LogP contribution in [0.1, 0.15) is 39.0 Å². The van der Waals surface area contributed by atoms with Crippen LogP contribution in [0.25, 0.3) is 0 Å². The van der Waals surface area contributed by atoms with Crippen molar-refractivity contribution in [1.82, 2.24) is 0 Å². The molecule has 4 fully saturated rings. The highest BCUT2D eigenvalue weighted by Crippen LogP contribution is 2.63. The largest absolute Gasteiger partial charge is 0.481 e. The van der Waals surface area contributed by atoms with Crippen molar-refractivity contribution in [2.75, 3.05) is 0 Å². The van der Waals surface area contributed by atoms with Crippen LogP contribution in [0.3, 0.4) is 0 Å². The first kappa shape index (κ1) is 10.4. The third-order valence-electron chi connectivity index (χ3n) is 5.22. The molecule has 88 valence electrons. The quantitative estimate of drug-likeness (QED) is 0.726. The Bertz CT molecular complexity index is 331. The third-order valence-corrected chi connectivity index (χ3v) is 5.22. The van der Waals surface area contributed by atoms with E-state index in [2.05, 4.69) is 12.2 Å². The molecular weight excluding hydrogens is 200 g/mol. The van der Waals surface area contributed by atoms with E-state index in [0.29, 0.717) is 23.7 Å². The number of aliphatic carboxylic acids is 1. The van der Waals surface area contributed by atoms with Gasteiger partial charge in [-0.1, -0.05) is 12.2 Å². The molecule has 0 heterocycles. The van der Waals surface area contributed by atoms with Crippen molar-refractivity contribution in [3.05, 3.63) is 12.2 Å². The Labute approximate surface area is 96.7 Å². The van der Waals surface area contributed by atoms with Crippen LogP contribution in [0.2, 0.25) is 0 Å². The Morgan fingerprint density at radius 1 is 1.25 bits per heavy atom. The van der Waals surface area contributed by atoms with Gasteiger partial charge in [-0.2, -0.15) is 0 Å². The molecule has 0 spiro atoms. The monoisotopic (exact) mass is 220 g/mol. The third kappa shape index (κ3) is 1.22. The highest BCUT2D eigenvalue weighted by Gasteiger charge is 2.59. The Hall–Kier alpha value is -0.790. The van der Waals surface area contributed by atoms with Crippen LogP contribution in [0.4, 0.5) is 0 Å². The molecule has 0 saturated heterocycles. The lowest BCUT2D eigenvalue weighted by atomic mass is 9.45. The summed E-state index contributed by atoms with van der Waals surface area (Å²) in [4.78, 5) is 11.7. The Morgan fingerprint density at radius 2 is 1.88 bits per heavy atom. The molecule has 1 N–H and O–H groups in total. The number of carbonyl (C=O) groups is 1. The molecule has 0 aromatic rings. The molecule has 0 amide bonds. The normalized spacial score (nSPS) is 50.1. The highest BCUT2D eigenvalue weighted by atomic mass is 16.4. The fourth-order valence-corrected chi connectivity index (χ4v) is 4.95. The highest BCUT2D eigenvalue weighted by molar-refractivity contribution is 5.76. The van der Waals surface area contributed by atoms with Crippen LogP contribution < -0.4 is 0 Å². The number of hydrogen-bond acceptors (Lipinski definition) is 1. The molecule has 0 aromatic heterocycles. The van der Waals surface area contributed by atoms with E-state index in [-0.39, 0.29) is 0 Å². The molecule has 3 unspecified atom stereocenters. The maximum atomic E-state index is 11.7. The number of hydrogen-bond donors (Lipinski definition) is 1. The molecule has 2 heteroatoms. The summed E-state index contributed by atoms with van der Waals surface area (Å²) >= 11 is 0. The van der Waals surface area contributed by atoms with Crippen molar-refractivity contribution in [3.8, 4) is 0 Å². The maximum absolute atomic E-state index is 11.7. The molecule has 16 heavy (non-hydrogen) atoms. The first-order valence-corrected chi connectivity index (χ1v) is 6.52. The van der Waals surface area contributed by atoms with Crippen LogP contribution in [0, 0.1) is 29.1 Å². The summed E-state index contributed by atoms with van der Waals surface area (Å²) in [5, 5.41) is 9.64. The summed E-state index contributed by atoms with van der Waals surface area (Å²) in [6, 6.07) is 0. The van der Waals surface area contributed by atoms with Crippen molar-refractivity contribution < 1.29 is 9.90 Å². The van der Waals surface area contributed by atoms with Crippen LogP contribution in [0.5, 0.6) is 0 Å². The second kappa shape index (κ2) is 3.35. The van der Waals surface area contributed by atoms with Gasteiger partial charge < -0.3 is 5.11 Å². The summed E-state index contributed by atoms with van der Waals surface area (Å²) in [5.74, 6) is 1.83. The average molecular weight is 220 g/mol. The number of carboxylic acids is 1. The molecule has 0 radical (unpaired) electrons. The lowest BCUT2D eigenvalue weighted by Crippen LogP contribution is -2.55. The first-order chi connectivity index (χ1) is 7.65. The standard InChI is InChI=1S/C14H20O2/c1-2-3-12-11-5-9-4-10(6-11)8-14(12,7-9)13(15)16/h2-3,9-12H,4-8H2,1H3,(H,15,16). The topological polar surface area (TPSA) is 37.3 Å². The summed E-state index contributed by atoms with van der Waals surface area (Å²) in [7, 11) is 0. The molecule has 3 atom stereocenters. The van der Waals surface area contributed by atoms with Gasteiger partial charge >= 0.3 is 5.97 Å². The molecule has 4 rings (SSSR count). The minimum absolute atomic E-state index is 0.308. The molecule has 2 nitrogen and oxygen atoms in total. The lowest BCUT2D eigenvalue weighted by Gasteiger charge is -2.58. The lowest BCUT2D eigenvalue weighted by molar-refractivity contribution is -0.172. The zero-order valence-corrected chi connectivity index (χ0v) is 9.86. The smallest absolute Gasteiger partial charge is 0.310 e. The van der Waals surface area contributed by atoms with Gasteiger partial charge in [0.05, 0.1) is 5.41 Å². The molecule has 0 aromatic carbocycles. The zero-order valence-electron chi connectivity index (χ0n) is 9.86. The van der Waals surface area contributed by atoms with E-state index in [0.717, 1.165) is 12.8 Å². The molecule has 4 bridgehead atoms. The summed E-state index contributed by atoms with van der Waals surface area (Å²) in [6.45, 7) is 2.01. The van der Waals surface area contributed by atoms with Crippen molar-refractivity contribution in [3.63, 3.8) is 0 Å².